The molecule has 0 bridgehead atoms. The molecule has 5 atom stereocenters. The van der Waals surface area contributed by atoms with E-state index in [0.717, 1.165) is 24.5 Å². The number of fused-ring (bicyclic) bond motifs is 5. The van der Waals surface area contributed by atoms with Crippen molar-refractivity contribution >= 4 is 0 Å². The van der Waals surface area contributed by atoms with Gasteiger partial charge in [-0.2, -0.15) is 0 Å². The summed E-state index contributed by atoms with van der Waals surface area (Å²) in [4.78, 5) is 0. The molecular weight excluding hydrogens is 284 g/mol. The molecule has 125 valence electrons. The maximum Gasteiger partial charge on any atom is 0.127 e. The highest BCUT2D eigenvalue weighted by atomic mass is 16.5. The molecule has 0 amide bonds. The number of hydrogen-bond acceptors (Lipinski definition) is 2. The van der Waals surface area contributed by atoms with E-state index in [9.17, 15) is 5.11 Å². The predicted molar refractivity (Wildman–Crippen MR) is 91.7 cm³/mol. The van der Waals surface area contributed by atoms with Crippen LogP contribution < -0.4 is 4.74 Å². The van der Waals surface area contributed by atoms with Gasteiger partial charge >= 0.3 is 0 Å². The lowest BCUT2D eigenvalue weighted by molar-refractivity contribution is -0.0394. The minimum atomic E-state index is -0.0667. The SMILES string of the molecule is CCOc1[c]cc2c(c1)[C@H]1CC[C@]3(CC)[C@H](O)CC[C@H]3[C@@H]1CC2. The summed E-state index contributed by atoms with van der Waals surface area (Å²) in [7, 11) is 0. The van der Waals surface area contributed by atoms with Crippen molar-refractivity contribution in [3.8, 4) is 5.75 Å². The van der Waals surface area contributed by atoms with Crippen molar-refractivity contribution in [1.29, 1.82) is 0 Å². The molecule has 0 unspecified atom stereocenters. The second kappa shape index (κ2) is 5.81. The van der Waals surface area contributed by atoms with Gasteiger partial charge in [0.25, 0.3) is 0 Å². The Bertz CT molecular complexity index is 581. The van der Waals surface area contributed by atoms with Gasteiger partial charge in [0, 0.05) is 6.07 Å². The third kappa shape index (κ3) is 2.25. The van der Waals surface area contributed by atoms with Gasteiger partial charge in [0.05, 0.1) is 12.7 Å². The van der Waals surface area contributed by atoms with Crippen LogP contribution in [0.25, 0.3) is 0 Å². The van der Waals surface area contributed by atoms with Crippen molar-refractivity contribution in [2.24, 2.45) is 17.3 Å². The largest absolute Gasteiger partial charge is 0.493 e. The highest BCUT2D eigenvalue weighted by molar-refractivity contribution is 5.40. The third-order valence-corrected chi connectivity index (χ3v) is 7.26. The van der Waals surface area contributed by atoms with Gasteiger partial charge < -0.3 is 9.84 Å². The molecule has 0 heterocycles. The lowest BCUT2D eigenvalue weighted by Crippen LogP contribution is -2.45. The predicted octanol–water partition coefficient (Wildman–Crippen LogP) is 4.49. The van der Waals surface area contributed by atoms with Crippen LogP contribution in [0, 0.1) is 23.3 Å². The van der Waals surface area contributed by atoms with Crippen molar-refractivity contribution in [2.45, 2.75) is 70.8 Å². The van der Waals surface area contributed by atoms with E-state index in [0.29, 0.717) is 18.4 Å². The summed E-state index contributed by atoms with van der Waals surface area (Å²) in [5.74, 6) is 3.05. The van der Waals surface area contributed by atoms with E-state index in [1.54, 1.807) is 0 Å². The second-order valence-electron chi connectivity index (χ2n) is 7.84. The fraction of sp³-hybridized carbons (Fsp3) is 0.714. The number of ether oxygens (including phenoxy) is 1. The van der Waals surface area contributed by atoms with Crippen LogP contribution >= 0.6 is 0 Å². The van der Waals surface area contributed by atoms with Gasteiger partial charge in [0.15, 0.2) is 0 Å². The van der Waals surface area contributed by atoms with Crippen LogP contribution in [0.3, 0.4) is 0 Å². The number of aryl methyl sites for hydroxylation is 1. The molecular formula is C21H29O2. The summed E-state index contributed by atoms with van der Waals surface area (Å²) >= 11 is 0. The van der Waals surface area contributed by atoms with E-state index in [1.807, 2.05) is 6.92 Å². The van der Waals surface area contributed by atoms with Gasteiger partial charge in [-0.05, 0) is 98.3 Å². The molecule has 2 heteroatoms. The van der Waals surface area contributed by atoms with Gasteiger partial charge in [0.1, 0.15) is 5.75 Å². The topological polar surface area (TPSA) is 29.5 Å². The van der Waals surface area contributed by atoms with E-state index >= 15 is 0 Å². The molecule has 1 radical (unpaired) electrons. The lowest BCUT2D eigenvalue weighted by Gasteiger charge is -2.51. The Morgan fingerprint density at radius 1 is 1.26 bits per heavy atom. The number of benzene rings is 1. The molecule has 3 aliphatic carbocycles. The smallest absolute Gasteiger partial charge is 0.127 e. The van der Waals surface area contributed by atoms with Gasteiger partial charge in [-0.15, -0.1) is 0 Å². The highest BCUT2D eigenvalue weighted by Gasteiger charge is 2.55. The van der Waals surface area contributed by atoms with Gasteiger partial charge in [-0.3, -0.25) is 0 Å². The Kier molecular flexibility index (Phi) is 3.91. The first-order chi connectivity index (χ1) is 11.2. The Morgan fingerprint density at radius 3 is 2.91 bits per heavy atom. The number of aliphatic hydroxyl groups is 1. The Hall–Kier alpha value is -1.02. The van der Waals surface area contributed by atoms with Crippen molar-refractivity contribution in [3.05, 3.63) is 29.3 Å². The molecule has 0 saturated heterocycles. The first-order valence-corrected chi connectivity index (χ1v) is 9.55. The highest BCUT2D eigenvalue weighted by Crippen LogP contribution is 2.62. The van der Waals surface area contributed by atoms with Crippen LogP contribution in [0.1, 0.15) is 69.4 Å². The summed E-state index contributed by atoms with van der Waals surface area (Å²) < 4.78 is 5.70. The molecule has 23 heavy (non-hydrogen) atoms. The van der Waals surface area contributed by atoms with Crippen LogP contribution in [0.4, 0.5) is 0 Å². The minimum absolute atomic E-state index is 0.0667. The fourth-order valence-electron chi connectivity index (χ4n) is 6.17. The van der Waals surface area contributed by atoms with Crippen molar-refractivity contribution in [3.63, 3.8) is 0 Å². The number of rotatable bonds is 3. The molecule has 2 nitrogen and oxygen atoms in total. The molecule has 2 saturated carbocycles. The van der Waals surface area contributed by atoms with E-state index < -0.39 is 0 Å². The van der Waals surface area contributed by atoms with Crippen LogP contribution in [0.2, 0.25) is 0 Å². The molecule has 1 aromatic carbocycles. The first-order valence-electron chi connectivity index (χ1n) is 9.55. The summed E-state index contributed by atoms with van der Waals surface area (Å²) in [6.07, 6.45) is 8.20. The van der Waals surface area contributed by atoms with Gasteiger partial charge in [0.2, 0.25) is 0 Å². The monoisotopic (exact) mass is 313 g/mol. The van der Waals surface area contributed by atoms with Crippen molar-refractivity contribution in [2.75, 3.05) is 6.61 Å². The first kappa shape index (κ1) is 15.5. The van der Waals surface area contributed by atoms with E-state index in [1.165, 1.54) is 43.2 Å². The number of hydrogen-bond donors (Lipinski definition) is 1. The van der Waals surface area contributed by atoms with E-state index in [2.05, 4.69) is 25.1 Å². The van der Waals surface area contributed by atoms with Crippen LogP contribution in [-0.4, -0.2) is 17.8 Å². The molecule has 0 spiro atoms. The van der Waals surface area contributed by atoms with E-state index in [4.69, 9.17) is 4.74 Å². The average Bonchev–Trinajstić information content (AvgIpc) is 2.92. The molecule has 1 N–H and O–H groups in total. The molecule has 3 aliphatic rings. The molecule has 4 rings (SSSR count). The minimum Gasteiger partial charge on any atom is -0.493 e. The zero-order chi connectivity index (χ0) is 16.0. The molecule has 1 aromatic rings. The summed E-state index contributed by atoms with van der Waals surface area (Å²) in [5.41, 5.74) is 3.22. The standard InChI is InChI=1S/C21H29O2/c1-3-21-12-11-16-17(19(21)9-10-20(21)22)8-6-14-5-7-15(23-4-2)13-18(14)16/h5,13,16-17,19-20,22H,3-4,6,8-12H2,1-2H3/t16-,17+,19-,20+,21-/m0/s1. The average molecular weight is 313 g/mol. The summed E-state index contributed by atoms with van der Waals surface area (Å²) in [5, 5.41) is 10.6. The maximum absolute atomic E-state index is 10.6. The Labute approximate surface area is 140 Å². The number of aliphatic hydroxyl groups excluding tert-OH is 1. The van der Waals surface area contributed by atoms with E-state index in [-0.39, 0.29) is 11.5 Å². The van der Waals surface area contributed by atoms with Crippen molar-refractivity contribution < 1.29 is 9.84 Å². The second-order valence-corrected chi connectivity index (χ2v) is 7.84. The molecule has 0 aromatic heterocycles. The fourth-order valence-corrected chi connectivity index (χ4v) is 6.17. The third-order valence-electron chi connectivity index (χ3n) is 7.26. The normalized spacial score (nSPS) is 38.6. The van der Waals surface area contributed by atoms with Crippen LogP contribution in [-0.2, 0) is 6.42 Å². The Balaban J connectivity index is 1.68. The van der Waals surface area contributed by atoms with Crippen molar-refractivity contribution in [1.82, 2.24) is 0 Å². The van der Waals surface area contributed by atoms with Gasteiger partial charge in [-0.25, -0.2) is 0 Å². The van der Waals surface area contributed by atoms with Gasteiger partial charge in [-0.1, -0.05) is 6.92 Å². The molecule has 2 fully saturated rings. The van der Waals surface area contributed by atoms with Crippen LogP contribution in [0.15, 0.2) is 12.1 Å². The zero-order valence-corrected chi connectivity index (χ0v) is 14.5. The lowest BCUT2D eigenvalue weighted by atomic mass is 9.54. The Morgan fingerprint density at radius 2 is 2.13 bits per heavy atom. The summed E-state index contributed by atoms with van der Waals surface area (Å²) in [6.45, 7) is 5.03. The van der Waals surface area contributed by atoms with Crippen LogP contribution in [0.5, 0.6) is 5.75 Å². The molecule has 0 aliphatic heterocycles. The quantitative estimate of drug-likeness (QED) is 0.890. The maximum atomic E-state index is 10.6. The summed E-state index contributed by atoms with van der Waals surface area (Å²) in [6, 6.07) is 7.74. The zero-order valence-electron chi connectivity index (χ0n) is 14.5.